The van der Waals surface area contributed by atoms with E-state index in [1.807, 2.05) is 79.7 Å². The molecular weight excluding hydrogens is 334 g/mol. The minimum absolute atomic E-state index is 0.116. The SMILES string of the molecule is C[C@H](NC(=O)c1cc(-c2ccccc2)nc2ccccc12)c1ccncc1. The molecule has 0 spiro atoms. The molecule has 2 heterocycles. The number of hydrogen-bond acceptors (Lipinski definition) is 3. The normalized spacial score (nSPS) is 11.9. The summed E-state index contributed by atoms with van der Waals surface area (Å²) in [6.07, 6.45) is 3.46. The standard InChI is InChI=1S/C23H19N3O/c1-16(17-11-13-24-14-12-17)25-23(27)20-15-22(18-7-3-2-4-8-18)26-21-10-6-5-9-19(20)21/h2-16H,1H3,(H,25,27)/t16-/m0/s1. The van der Waals surface area contributed by atoms with Gasteiger partial charge in [0.2, 0.25) is 0 Å². The number of pyridine rings is 2. The van der Waals surface area contributed by atoms with Crippen LogP contribution in [0.3, 0.4) is 0 Å². The monoisotopic (exact) mass is 353 g/mol. The van der Waals surface area contributed by atoms with Gasteiger partial charge in [0.15, 0.2) is 0 Å². The summed E-state index contributed by atoms with van der Waals surface area (Å²) in [7, 11) is 0. The van der Waals surface area contributed by atoms with Crippen LogP contribution in [0, 0.1) is 0 Å². The first-order valence-electron chi connectivity index (χ1n) is 8.88. The van der Waals surface area contributed by atoms with Crippen LogP contribution in [0.2, 0.25) is 0 Å². The maximum absolute atomic E-state index is 13.1. The van der Waals surface area contributed by atoms with E-state index in [9.17, 15) is 4.79 Å². The molecule has 0 aliphatic carbocycles. The second-order valence-corrected chi connectivity index (χ2v) is 6.41. The molecule has 0 aliphatic rings. The molecule has 0 bridgehead atoms. The molecule has 1 atom stereocenters. The van der Waals surface area contributed by atoms with Crippen LogP contribution in [0.25, 0.3) is 22.2 Å². The molecule has 0 aliphatic heterocycles. The lowest BCUT2D eigenvalue weighted by atomic mass is 10.0. The molecule has 0 unspecified atom stereocenters. The summed E-state index contributed by atoms with van der Waals surface area (Å²) in [6, 6.07) is 23.2. The van der Waals surface area contributed by atoms with Crippen molar-refractivity contribution in [2.45, 2.75) is 13.0 Å². The van der Waals surface area contributed by atoms with Crippen molar-refractivity contribution in [1.29, 1.82) is 0 Å². The fourth-order valence-corrected chi connectivity index (χ4v) is 3.13. The van der Waals surface area contributed by atoms with Crippen molar-refractivity contribution in [2.24, 2.45) is 0 Å². The van der Waals surface area contributed by atoms with Crippen LogP contribution in [0.1, 0.15) is 28.9 Å². The molecule has 0 saturated carbocycles. The Morgan fingerprint density at radius 3 is 2.41 bits per heavy atom. The van der Waals surface area contributed by atoms with E-state index in [1.165, 1.54) is 0 Å². The van der Waals surface area contributed by atoms with E-state index in [1.54, 1.807) is 12.4 Å². The van der Waals surface area contributed by atoms with E-state index < -0.39 is 0 Å². The highest BCUT2D eigenvalue weighted by molar-refractivity contribution is 6.07. The zero-order valence-electron chi connectivity index (χ0n) is 15.0. The second kappa shape index (κ2) is 7.38. The van der Waals surface area contributed by atoms with Crippen molar-refractivity contribution in [1.82, 2.24) is 15.3 Å². The molecule has 0 fully saturated rings. The summed E-state index contributed by atoms with van der Waals surface area (Å²) in [4.78, 5) is 21.8. The molecule has 0 saturated heterocycles. The van der Waals surface area contributed by atoms with Crippen molar-refractivity contribution >= 4 is 16.8 Å². The number of para-hydroxylation sites is 1. The molecule has 2 aromatic heterocycles. The number of aromatic nitrogens is 2. The number of fused-ring (bicyclic) bond motifs is 1. The molecule has 132 valence electrons. The van der Waals surface area contributed by atoms with Crippen LogP contribution in [-0.4, -0.2) is 15.9 Å². The molecule has 4 heteroatoms. The smallest absolute Gasteiger partial charge is 0.252 e. The topological polar surface area (TPSA) is 54.9 Å². The first kappa shape index (κ1) is 16.9. The Bertz CT molecular complexity index is 1080. The van der Waals surface area contributed by atoms with Crippen LogP contribution in [0.4, 0.5) is 0 Å². The first-order chi connectivity index (χ1) is 13.2. The van der Waals surface area contributed by atoms with Gasteiger partial charge in [-0.2, -0.15) is 0 Å². The molecule has 4 rings (SSSR count). The average Bonchev–Trinajstić information content (AvgIpc) is 2.74. The molecule has 1 N–H and O–H groups in total. The lowest BCUT2D eigenvalue weighted by Crippen LogP contribution is -2.27. The van der Waals surface area contributed by atoms with Crippen molar-refractivity contribution in [3.8, 4) is 11.3 Å². The Morgan fingerprint density at radius 1 is 0.926 bits per heavy atom. The number of carbonyl (C=O) groups excluding carboxylic acids is 1. The summed E-state index contributed by atoms with van der Waals surface area (Å²) in [5.74, 6) is -0.116. The number of carbonyl (C=O) groups is 1. The van der Waals surface area contributed by atoms with Crippen LogP contribution < -0.4 is 5.32 Å². The van der Waals surface area contributed by atoms with E-state index in [0.717, 1.165) is 27.7 Å². The summed E-state index contributed by atoms with van der Waals surface area (Å²) in [6.45, 7) is 1.97. The van der Waals surface area contributed by atoms with E-state index in [-0.39, 0.29) is 11.9 Å². The van der Waals surface area contributed by atoms with Gasteiger partial charge in [-0.1, -0.05) is 48.5 Å². The van der Waals surface area contributed by atoms with Gasteiger partial charge in [0.05, 0.1) is 22.8 Å². The third-order valence-electron chi connectivity index (χ3n) is 4.58. The van der Waals surface area contributed by atoms with Gasteiger partial charge >= 0.3 is 0 Å². The maximum Gasteiger partial charge on any atom is 0.252 e. The maximum atomic E-state index is 13.1. The van der Waals surface area contributed by atoms with Gasteiger partial charge in [0, 0.05) is 23.3 Å². The fraction of sp³-hybridized carbons (Fsp3) is 0.0870. The quantitative estimate of drug-likeness (QED) is 0.574. The Labute approximate surface area is 157 Å². The third kappa shape index (κ3) is 3.55. The number of amides is 1. The van der Waals surface area contributed by atoms with Crippen molar-refractivity contribution < 1.29 is 4.79 Å². The Kier molecular flexibility index (Phi) is 4.62. The minimum atomic E-state index is -0.118. The summed E-state index contributed by atoms with van der Waals surface area (Å²) in [5.41, 5.74) is 4.22. The van der Waals surface area contributed by atoms with Crippen LogP contribution in [0.15, 0.2) is 85.2 Å². The number of benzene rings is 2. The molecular formula is C23H19N3O. The lowest BCUT2D eigenvalue weighted by Gasteiger charge is -2.16. The number of nitrogens with zero attached hydrogens (tertiary/aromatic N) is 2. The van der Waals surface area contributed by atoms with Gasteiger partial charge in [-0.15, -0.1) is 0 Å². The lowest BCUT2D eigenvalue weighted by molar-refractivity contribution is 0.0941. The Balaban J connectivity index is 1.74. The van der Waals surface area contributed by atoms with Crippen molar-refractivity contribution in [3.63, 3.8) is 0 Å². The van der Waals surface area contributed by atoms with Crippen molar-refractivity contribution in [3.05, 3.63) is 96.3 Å². The highest BCUT2D eigenvalue weighted by atomic mass is 16.1. The zero-order chi connectivity index (χ0) is 18.6. The van der Waals surface area contributed by atoms with Gasteiger partial charge in [-0.25, -0.2) is 4.98 Å². The summed E-state index contributed by atoms with van der Waals surface area (Å²) in [5, 5.41) is 3.93. The molecule has 1 amide bonds. The van der Waals surface area contributed by atoms with Crippen molar-refractivity contribution in [2.75, 3.05) is 0 Å². The van der Waals surface area contributed by atoms with E-state index in [0.29, 0.717) is 5.56 Å². The Hall–Kier alpha value is -3.53. The van der Waals surface area contributed by atoms with Crippen LogP contribution in [0.5, 0.6) is 0 Å². The minimum Gasteiger partial charge on any atom is -0.345 e. The fourth-order valence-electron chi connectivity index (χ4n) is 3.13. The Morgan fingerprint density at radius 2 is 1.63 bits per heavy atom. The van der Waals surface area contributed by atoms with Gasteiger partial charge in [0.1, 0.15) is 0 Å². The number of hydrogen-bond donors (Lipinski definition) is 1. The van der Waals surface area contributed by atoms with E-state index >= 15 is 0 Å². The third-order valence-corrected chi connectivity index (χ3v) is 4.58. The van der Waals surface area contributed by atoms with E-state index in [4.69, 9.17) is 4.98 Å². The first-order valence-corrected chi connectivity index (χ1v) is 8.88. The van der Waals surface area contributed by atoms with E-state index in [2.05, 4.69) is 10.3 Å². The molecule has 27 heavy (non-hydrogen) atoms. The number of rotatable bonds is 4. The molecule has 2 aromatic carbocycles. The molecule has 4 nitrogen and oxygen atoms in total. The summed E-state index contributed by atoms with van der Waals surface area (Å²) >= 11 is 0. The average molecular weight is 353 g/mol. The highest BCUT2D eigenvalue weighted by Gasteiger charge is 2.16. The molecule has 0 radical (unpaired) electrons. The number of nitrogens with one attached hydrogen (secondary N) is 1. The largest absolute Gasteiger partial charge is 0.345 e. The van der Waals surface area contributed by atoms with Gasteiger partial charge < -0.3 is 5.32 Å². The van der Waals surface area contributed by atoms with Gasteiger partial charge in [-0.05, 0) is 36.8 Å². The zero-order valence-corrected chi connectivity index (χ0v) is 15.0. The van der Waals surface area contributed by atoms with Crippen LogP contribution >= 0.6 is 0 Å². The predicted molar refractivity (Wildman–Crippen MR) is 107 cm³/mol. The van der Waals surface area contributed by atoms with Gasteiger partial charge in [-0.3, -0.25) is 9.78 Å². The second-order valence-electron chi connectivity index (χ2n) is 6.41. The van der Waals surface area contributed by atoms with Gasteiger partial charge in [0.25, 0.3) is 5.91 Å². The summed E-state index contributed by atoms with van der Waals surface area (Å²) < 4.78 is 0. The van der Waals surface area contributed by atoms with Crippen LogP contribution in [-0.2, 0) is 0 Å². The highest BCUT2D eigenvalue weighted by Crippen LogP contribution is 2.25. The molecule has 4 aromatic rings. The predicted octanol–water partition coefficient (Wildman–Crippen LogP) is 4.79.